The number of para-hydroxylation sites is 2. The fraction of sp³-hybridized carbons (Fsp3) is 0.0870. The van der Waals surface area contributed by atoms with E-state index in [2.05, 4.69) is 4.98 Å². The molecule has 5 heteroatoms. The number of benzene rings is 3. The number of aromatic nitrogens is 2. The molecule has 0 aliphatic heterocycles. The van der Waals surface area contributed by atoms with Crippen LogP contribution in [0.25, 0.3) is 10.9 Å². The van der Waals surface area contributed by atoms with E-state index in [1.807, 2.05) is 49.4 Å². The minimum absolute atomic E-state index is 0.0609. The molecule has 0 N–H and O–H groups in total. The van der Waals surface area contributed by atoms with E-state index in [-0.39, 0.29) is 17.9 Å². The second kappa shape index (κ2) is 7.48. The van der Waals surface area contributed by atoms with E-state index in [4.69, 9.17) is 4.74 Å². The van der Waals surface area contributed by atoms with Crippen LogP contribution in [0.5, 0.6) is 11.5 Å². The van der Waals surface area contributed by atoms with Gasteiger partial charge in [-0.15, -0.1) is 0 Å². The van der Waals surface area contributed by atoms with Gasteiger partial charge in [-0.2, -0.15) is 0 Å². The van der Waals surface area contributed by atoms with Crippen molar-refractivity contribution in [2.45, 2.75) is 13.5 Å². The number of hydrogen-bond acceptors (Lipinski definition) is 4. The van der Waals surface area contributed by atoms with Crippen molar-refractivity contribution >= 4 is 16.7 Å². The van der Waals surface area contributed by atoms with E-state index in [0.717, 1.165) is 11.3 Å². The van der Waals surface area contributed by atoms with Crippen LogP contribution in [-0.4, -0.2) is 15.3 Å². The Bertz CT molecular complexity index is 1200. The summed E-state index contributed by atoms with van der Waals surface area (Å²) in [5.41, 5.74) is 1.89. The van der Waals surface area contributed by atoms with Crippen LogP contribution in [0.2, 0.25) is 0 Å². The van der Waals surface area contributed by atoms with Gasteiger partial charge >= 0.3 is 0 Å². The van der Waals surface area contributed by atoms with Crippen molar-refractivity contribution in [1.82, 2.24) is 9.55 Å². The van der Waals surface area contributed by atoms with Crippen LogP contribution in [0.15, 0.2) is 83.9 Å². The molecule has 138 valence electrons. The van der Waals surface area contributed by atoms with Crippen molar-refractivity contribution in [1.29, 1.82) is 0 Å². The lowest BCUT2D eigenvalue weighted by molar-refractivity contribution is 0.0970. The van der Waals surface area contributed by atoms with Gasteiger partial charge in [-0.05, 0) is 55.0 Å². The largest absolute Gasteiger partial charge is 0.457 e. The number of hydrogen-bond donors (Lipinski definition) is 0. The molecule has 0 fully saturated rings. The highest BCUT2D eigenvalue weighted by molar-refractivity contribution is 5.96. The highest BCUT2D eigenvalue weighted by Gasteiger charge is 2.11. The molecule has 0 unspecified atom stereocenters. The third-order valence-electron chi connectivity index (χ3n) is 4.52. The maximum atomic E-state index is 12.7. The molecular weight excluding hydrogens is 352 g/mol. The molecule has 4 rings (SSSR count). The molecule has 0 amide bonds. The van der Waals surface area contributed by atoms with Gasteiger partial charge in [0, 0.05) is 5.56 Å². The Morgan fingerprint density at radius 1 is 0.929 bits per heavy atom. The lowest BCUT2D eigenvalue weighted by Crippen LogP contribution is -2.24. The zero-order valence-corrected chi connectivity index (χ0v) is 15.3. The first-order valence-electron chi connectivity index (χ1n) is 8.93. The summed E-state index contributed by atoms with van der Waals surface area (Å²) in [6.45, 7) is 1.85. The van der Waals surface area contributed by atoms with Crippen LogP contribution in [-0.2, 0) is 6.54 Å². The van der Waals surface area contributed by atoms with E-state index < -0.39 is 0 Å². The molecule has 1 aromatic heterocycles. The first kappa shape index (κ1) is 17.7. The van der Waals surface area contributed by atoms with E-state index >= 15 is 0 Å². The van der Waals surface area contributed by atoms with E-state index in [1.165, 1.54) is 10.9 Å². The maximum absolute atomic E-state index is 12.7. The highest BCUT2D eigenvalue weighted by Crippen LogP contribution is 2.21. The molecule has 0 aliphatic carbocycles. The molecule has 5 nitrogen and oxygen atoms in total. The number of fused-ring (bicyclic) bond motifs is 1. The summed E-state index contributed by atoms with van der Waals surface area (Å²) >= 11 is 0. The summed E-state index contributed by atoms with van der Waals surface area (Å²) in [6.07, 6.45) is 1.43. The number of nitrogens with zero attached hydrogens (tertiary/aromatic N) is 2. The predicted molar refractivity (Wildman–Crippen MR) is 108 cm³/mol. The molecule has 0 radical (unpaired) electrons. The van der Waals surface area contributed by atoms with Crippen LogP contribution in [0, 0.1) is 6.92 Å². The van der Waals surface area contributed by atoms with Gasteiger partial charge in [0.2, 0.25) is 0 Å². The topological polar surface area (TPSA) is 61.2 Å². The molecule has 0 saturated heterocycles. The summed E-state index contributed by atoms with van der Waals surface area (Å²) < 4.78 is 7.08. The molecule has 0 saturated carbocycles. The van der Waals surface area contributed by atoms with Crippen LogP contribution < -0.4 is 10.3 Å². The zero-order chi connectivity index (χ0) is 19.5. The van der Waals surface area contributed by atoms with Gasteiger partial charge < -0.3 is 4.74 Å². The van der Waals surface area contributed by atoms with Gasteiger partial charge in [0.15, 0.2) is 5.78 Å². The number of rotatable bonds is 5. The summed E-state index contributed by atoms with van der Waals surface area (Å²) in [4.78, 5) is 29.6. The van der Waals surface area contributed by atoms with E-state index in [9.17, 15) is 9.59 Å². The van der Waals surface area contributed by atoms with Crippen LogP contribution in [0.4, 0.5) is 0 Å². The Morgan fingerprint density at radius 2 is 1.64 bits per heavy atom. The average molecular weight is 370 g/mol. The third kappa shape index (κ3) is 3.55. The van der Waals surface area contributed by atoms with Crippen molar-refractivity contribution < 1.29 is 9.53 Å². The second-order valence-electron chi connectivity index (χ2n) is 6.51. The Balaban J connectivity index is 1.53. The number of carbonyl (C=O) groups is 1. The molecule has 4 aromatic rings. The smallest absolute Gasteiger partial charge is 0.261 e. The minimum atomic E-state index is -0.217. The molecule has 0 aliphatic rings. The summed E-state index contributed by atoms with van der Waals surface area (Å²) in [6, 6.07) is 21.8. The van der Waals surface area contributed by atoms with Gasteiger partial charge in [-0.3, -0.25) is 14.2 Å². The van der Waals surface area contributed by atoms with Gasteiger partial charge in [0.1, 0.15) is 11.5 Å². The quantitative estimate of drug-likeness (QED) is 0.489. The van der Waals surface area contributed by atoms with Gasteiger partial charge in [-0.25, -0.2) is 4.98 Å². The monoisotopic (exact) mass is 370 g/mol. The Kier molecular flexibility index (Phi) is 4.72. The third-order valence-corrected chi connectivity index (χ3v) is 4.52. The molecule has 3 aromatic carbocycles. The lowest BCUT2D eigenvalue weighted by atomic mass is 10.1. The molecular formula is C23H18N2O3. The number of aryl methyl sites for hydroxylation is 1. The number of Topliss-reactive ketones (excluding diaryl/α,β-unsaturated/α-hetero) is 1. The van der Waals surface area contributed by atoms with Crippen LogP contribution in [0.1, 0.15) is 15.9 Å². The van der Waals surface area contributed by atoms with Crippen molar-refractivity contribution in [2.24, 2.45) is 0 Å². The fourth-order valence-corrected chi connectivity index (χ4v) is 3.03. The first-order valence-corrected chi connectivity index (χ1v) is 8.93. The van der Waals surface area contributed by atoms with Gasteiger partial charge in [-0.1, -0.05) is 30.3 Å². The first-order chi connectivity index (χ1) is 13.6. The van der Waals surface area contributed by atoms with Crippen molar-refractivity contribution in [3.63, 3.8) is 0 Å². The van der Waals surface area contributed by atoms with Gasteiger partial charge in [0.25, 0.3) is 5.56 Å². The van der Waals surface area contributed by atoms with Crippen LogP contribution >= 0.6 is 0 Å². The SMILES string of the molecule is Cc1cccc2c(=O)n(CC(=O)c3ccc(Oc4ccccc4)cc3)cnc12. The fourth-order valence-electron chi connectivity index (χ4n) is 3.03. The normalized spacial score (nSPS) is 10.8. The number of ether oxygens (including phenoxy) is 1. The lowest BCUT2D eigenvalue weighted by Gasteiger charge is -2.08. The number of carbonyl (C=O) groups excluding carboxylic acids is 1. The molecule has 0 atom stereocenters. The molecule has 1 heterocycles. The van der Waals surface area contributed by atoms with E-state index in [0.29, 0.717) is 22.2 Å². The maximum Gasteiger partial charge on any atom is 0.261 e. The summed E-state index contributed by atoms with van der Waals surface area (Å²) in [5.74, 6) is 1.20. The van der Waals surface area contributed by atoms with Crippen molar-refractivity contribution in [2.75, 3.05) is 0 Å². The van der Waals surface area contributed by atoms with Gasteiger partial charge in [0.05, 0.1) is 23.8 Å². The average Bonchev–Trinajstić information content (AvgIpc) is 2.72. The number of ketones is 1. The Labute approximate surface area is 161 Å². The van der Waals surface area contributed by atoms with Crippen LogP contribution in [0.3, 0.4) is 0 Å². The predicted octanol–water partition coefficient (Wildman–Crippen LogP) is 4.38. The summed E-state index contributed by atoms with van der Waals surface area (Å²) in [5, 5.41) is 0.516. The standard InChI is InChI=1S/C23H18N2O3/c1-16-6-5-9-20-22(16)24-15-25(23(20)27)14-21(26)17-10-12-19(13-11-17)28-18-7-3-2-4-8-18/h2-13,15H,14H2,1H3. The zero-order valence-electron chi connectivity index (χ0n) is 15.3. The van der Waals surface area contributed by atoms with Crippen molar-refractivity contribution in [3.05, 3.63) is 101 Å². The molecule has 28 heavy (non-hydrogen) atoms. The minimum Gasteiger partial charge on any atom is -0.457 e. The molecule has 0 bridgehead atoms. The highest BCUT2D eigenvalue weighted by atomic mass is 16.5. The Hall–Kier alpha value is -3.73. The second-order valence-corrected chi connectivity index (χ2v) is 6.51. The van der Waals surface area contributed by atoms with E-state index in [1.54, 1.807) is 30.3 Å². The van der Waals surface area contributed by atoms with Crippen molar-refractivity contribution in [3.8, 4) is 11.5 Å². The Morgan fingerprint density at radius 3 is 2.39 bits per heavy atom. The summed E-state index contributed by atoms with van der Waals surface area (Å²) in [7, 11) is 0. The molecule has 0 spiro atoms.